The van der Waals surface area contributed by atoms with Gasteiger partial charge in [0.05, 0.1) is 13.2 Å². The monoisotopic (exact) mass is 359 g/mol. The van der Waals surface area contributed by atoms with Gasteiger partial charge in [-0.1, -0.05) is 60.7 Å². The molecule has 0 saturated heterocycles. The average molecular weight is 359 g/mol. The molecule has 0 radical (unpaired) electrons. The molecule has 4 N–H and O–H groups in total. The summed E-state index contributed by atoms with van der Waals surface area (Å²) in [7, 11) is 0. The number of nitrogens with zero attached hydrogens (tertiary/aromatic N) is 1. The summed E-state index contributed by atoms with van der Waals surface area (Å²) in [4.78, 5) is 14.2. The zero-order valence-corrected chi connectivity index (χ0v) is 14.5. The van der Waals surface area contributed by atoms with Gasteiger partial charge in [0.15, 0.2) is 5.78 Å². The second kappa shape index (κ2) is 10.2. The number of hydrogen-bond donors (Lipinski definition) is 4. The summed E-state index contributed by atoms with van der Waals surface area (Å²) < 4.78 is 0. The summed E-state index contributed by atoms with van der Waals surface area (Å²) in [5, 5.41) is 38.0. The molecule has 2 rings (SSSR count). The maximum atomic E-state index is 12.4. The molecule has 0 bridgehead atoms. The van der Waals surface area contributed by atoms with Gasteiger partial charge in [0.25, 0.3) is 0 Å². The lowest BCUT2D eigenvalue weighted by Gasteiger charge is -2.25. The van der Waals surface area contributed by atoms with Crippen LogP contribution in [0.4, 0.5) is 0 Å². The number of hydrogen-bond acceptors (Lipinski definition) is 6. The van der Waals surface area contributed by atoms with Crippen LogP contribution in [0.5, 0.6) is 0 Å². The van der Waals surface area contributed by atoms with Gasteiger partial charge in [0, 0.05) is 13.1 Å². The van der Waals surface area contributed by atoms with Gasteiger partial charge in [-0.05, 0) is 11.1 Å². The van der Waals surface area contributed by atoms with E-state index in [1.807, 2.05) is 65.6 Å². The van der Waals surface area contributed by atoms with Crippen molar-refractivity contribution in [3.8, 4) is 0 Å². The van der Waals surface area contributed by atoms with Crippen molar-refractivity contribution in [3.63, 3.8) is 0 Å². The lowest BCUT2D eigenvalue weighted by atomic mass is 10.0. The van der Waals surface area contributed by atoms with E-state index in [0.717, 1.165) is 11.1 Å². The van der Waals surface area contributed by atoms with Gasteiger partial charge in [-0.25, -0.2) is 0 Å². The quantitative estimate of drug-likeness (QED) is 0.488. The Hall–Kier alpha value is -2.09. The average Bonchev–Trinajstić information content (AvgIpc) is 2.67. The van der Waals surface area contributed by atoms with E-state index in [9.17, 15) is 20.1 Å². The van der Waals surface area contributed by atoms with E-state index in [0.29, 0.717) is 13.1 Å². The zero-order valence-electron chi connectivity index (χ0n) is 14.5. The van der Waals surface area contributed by atoms with Crippen molar-refractivity contribution in [1.82, 2.24) is 4.90 Å². The van der Waals surface area contributed by atoms with Crippen molar-refractivity contribution < 1.29 is 25.2 Å². The third-order valence-corrected chi connectivity index (χ3v) is 4.11. The number of rotatable bonds is 10. The van der Waals surface area contributed by atoms with Crippen LogP contribution < -0.4 is 0 Å². The molecule has 0 aliphatic heterocycles. The number of carbonyl (C=O) groups excluding carboxylic acids is 1. The molecule has 0 saturated carbocycles. The van der Waals surface area contributed by atoms with Crippen LogP contribution in [0.1, 0.15) is 11.1 Å². The summed E-state index contributed by atoms with van der Waals surface area (Å²) in [6.45, 7) is 0.156. The normalized spacial score (nSPS) is 14.8. The van der Waals surface area contributed by atoms with Crippen LogP contribution in [0.15, 0.2) is 60.7 Å². The van der Waals surface area contributed by atoms with E-state index in [2.05, 4.69) is 0 Å². The topological polar surface area (TPSA) is 101 Å². The molecule has 0 spiro atoms. The second-order valence-electron chi connectivity index (χ2n) is 6.27. The number of ketones is 1. The van der Waals surface area contributed by atoms with E-state index in [4.69, 9.17) is 5.11 Å². The van der Waals surface area contributed by atoms with Crippen molar-refractivity contribution in [1.29, 1.82) is 0 Å². The van der Waals surface area contributed by atoms with Gasteiger partial charge in [0.1, 0.15) is 18.3 Å². The standard InChI is InChI=1S/C20H25NO5/c22-14-18(24)20(26)19(25)17(23)13-21(11-15-7-3-1-4-8-15)12-16-9-5-2-6-10-16/h1-10,18-20,22,24-26H,11-14H2/t18-,19-,20+/m1/s1. The first-order valence-corrected chi connectivity index (χ1v) is 8.49. The van der Waals surface area contributed by atoms with E-state index in [1.165, 1.54) is 0 Å². The van der Waals surface area contributed by atoms with Crippen LogP contribution >= 0.6 is 0 Å². The fourth-order valence-electron chi connectivity index (χ4n) is 2.67. The SMILES string of the molecule is O=C(CN(Cc1ccccc1)Cc1ccccc1)[C@@H](O)[C@@H](O)[C@H](O)CO. The Morgan fingerprint density at radius 3 is 1.73 bits per heavy atom. The molecule has 140 valence electrons. The first-order chi connectivity index (χ1) is 12.5. The first kappa shape index (κ1) is 20.2. The van der Waals surface area contributed by atoms with Gasteiger partial charge < -0.3 is 20.4 Å². The van der Waals surface area contributed by atoms with Crippen molar-refractivity contribution in [2.24, 2.45) is 0 Å². The molecule has 0 fully saturated rings. The number of carbonyl (C=O) groups is 1. The Morgan fingerprint density at radius 2 is 1.31 bits per heavy atom. The molecular weight excluding hydrogens is 334 g/mol. The van der Waals surface area contributed by atoms with Gasteiger partial charge in [-0.3, -0.25) is 9.69 Å². The third kappa shape index (κ3) is 6.01. The lowest BCUT2D eigenvalue weighted by molar-refractivity contribution is -0.141. The van der Waals surface area contributed by atoms with Gasteiger partial charge in [-0.2, -0.15) is 0 Å². The Labute approximate surface area is 153 Å². The minimum Gasteiger partial charge on any atom is -0.394 e. The molecule has 2 aromatic carbocycles. The van der Waals surface area contributed by atoms with Crippen LogP contribution in [0.2, 0.25) is 0 Å². The summed E-state index contributed by atoms with van der Waals surface area (Å²) in [6, 6.07) is 19.3. The van der Waals surface area contributed by atoms with E-state index in [1.54, 1.807) is 0 Å². The van der Waals surface area contributed by atoms with Crippen LogP contribution in [-0.2, 0) is 17.9 Å². The molecule has 0 aliphatic rings. The van der Waals surface area contributed by atoms with Gasteiger partial charge >= 0.3 is 0 Å². The van der Waals surface area contributed by atoms with Gasteiger partial charge in [0.2, 0.25) is 0 Å². The molecule has 2 aromatic rings. The third-order valence-electron chi connectivity index (χ3n) is 4.11. The Kier molecular flexibility index (Phi) is 7.90. The summed E-state index contributed by atoms with van der Waals surface area (Å²) in [5.41, 5.74) is 2.03. The molecule has 6 nitrogen and oxygen atoms in total. The van der Waals surface area contributed by atoms with Crippen LogP contribution in [0.25, 0.3) is 0 Å². The lowest BCUT2D eigenvalue weighted by Crippen LogP contribution is -2.47. The molecule has 0 heterocycles. The maximum absolute atomic E-state index is 12.4. The van der Waals surface area contributed by atoms with E-state index < -0.39 is 30.7 Å². The maximum Gasteiger partial charge on any atom is 0.177 e. The number of aliphatic hydroxyl groups excluding tert-OH is 4. The number of aliphatic hydroxyl groups is 4. The van der Waals surface area contributed by atoms with Crippen molar-refractivity contribution >= 4 is 5.78 Å². The molecule has 6 heteroatoms. The largest absolute Gasteiger partial charge is 0.394 e. The molecule has 3 atom stereocenters. The van der Waals surface area contributed by atoms with Crippen molar-refractivity contribution in [2.75, 3.05) is 13.2 Å². The highest BCUT2D eigenvalue weighted by atomic mass is 16.4. The first-order valence-electron chi connectivity index (χ1n) is 8.49. The molecule has 26 heavy (non-hydrogen) atoms. The summed E-state index contributed by atoms with van der Waals surface area (Å²) >= 11 is 0. The molecular formula is C20H25NO5. The summed E-state index contributed by atoms with van der Waals surface area (Å²) in [6.07, 6.45) is -5.04. The predicted octanol–water partition coefficient (Wildman–Crippen LogP) is 0.333. The minimum absolute atomic E-state index is 0.0971. The fraction of sp³-hybridized carbons (Fsp3) is 0.350. The summed E-state index contributed by atoms with van der Waals surface area (Å²) in [5.74, 6) is -0.614. The highest BCUT2D eigenvalue weighted by molar-refractivity contribution is 5.85. The molecule has 0 unspecified atom stereocenters. The van der Waals surface area contributed by atoms with Crippen molar-refractivity contribution in [3.05, 3.63) is 71.8 Å². The molecule has 0 aromatic heterocycles. The minimum atomic E-state index is -1.76. The molecule has 0 aliphatic carbocycles. The smallest absolute Gasteiger partial charge is 0.177 e. The Morgan fingerprint density at radius 1 is 0.846 bits per heavy atom. The highest BCUT2D eigenvalue weighted by Gasteiger charge is 2.30. The number of benzene rings is 2. The number of Topliss-reactive ketones (excluding diaryl/α,β-unsaturated/α-hetero) is 1. The van der Waals surface area contributed by atoms with Crippen LogP contribution in [0, 0.1) is 0 Å². The van der Waals surface area contributed by atoms with Crippen molar-refractivity contribution in [2.45, 2.75) is 31.4 Å². The van der Waals surface area contributed by atoms with Crippen LogP contribution in [0.3, 0.4) is 0 Å². The van der Waals surface area contributed by atoms with E-state index >= 15 is 0 Å². The Balaban J connectivity index is 2.08. The van der Waals surface area contributed by atoms with Crippen LogP contribution in [-0.4, -0.2) is 62.6 Å². The fourth-order valence-corrected chi connectivity index (χ4v) is 2.67. The molecule has 0 amide bonds. The zero-order chi connectivity index (χ0) is 18.9. The van der Waals surface area contributed by atoms with Gasteiger partial charge in [-0.15, -0.1) is 0 Å². The second-order valence-corrected chi connectivity index (χ2v) is 6.27. The van der Waals surface area contributed by atoms with E-state index in [-0.39, 0.29) is 6.54 Å². The Bertz CT molecular complexity index is 623. The highest BCUT2D eigenvalue weighted by Crippen LogP contribution is 2.11. The predicted molar refractivity (Wildman–Crippen MR) is 97.1 cm³/mol.